The standard InChI is InChI=1S/C14H28N2/c1-2-8-15-9-11-16(12-10-15)13-14-6-4-3-5-7-14/h14H,2-13H2,1H3. The van der Waals surface area contributed by atoms with E-state index in [9.17, 15) is 0 Å². The maximum atomic E-state index is 2.71. The summed E-state index contributed by atoms with van der Waals surface area (Å²) in [5.41, 5.74) is 0. The average Bonchev–Trinajstić information content (AvgIpc) is 2.33. The van der Waals surface area contributed by atoms with Gasteiger partial charge in [-0.2, -0.15) is 0 Å². The first-order valence-corrected chi connectivity index (χ1v) is 7.33. The fraction of sp³-hybridized carbons (Fsp3) is 1.00. The van der Waals surface area contributed by atoms with E-state index in [0.29, 0.717) is 0 Å². The van der Waals surface area contributed by atoms with Crippen LogP contribution >= 0.6 is 0 Å². The first kappa shape index (κ1) is 12.4. The first-order chi connectivity index (χ1) is 7.88. The normalized spacial score (nSPS) is 26.1. The summed E-state index contributed by atoms with van der Waals surface area (Å²) in [6, 6.07) is 0. The number of piperazine rings is 1. The lowest BCUT2D eigenvalue weighted by Gasteiger charge is -2.37. The highest BCUT2D eigenvalue weighted by Crippen LogP contribution is 2.24. The molecule has 0 aromatic carbocycles. The van der Waals surface area contributed by atoms with Gasteiger partial charge < -0.3 is 9.80 Å². The second-order valence-corrected chi connectivity index (χ2v) is 5.65. The zero-order valence-electron chi connectivity index (χ0n) is 11.0. The Morgan fingerprint density at radius 3 is 2.12 bits per heavy atom. The van der Waals surface area contributed by atoms with Crippen LogP contribution in [0.15, 0.2) is 0 Å². The Morgan fingerprint density at radius 1 is 0.875 bits per heavy atom. The number of rotatable bonds is 4. The van der Waals surface area contributed by atoms with Crippen molar-refractivity contribution in [2.45, 2.75) is 45.4 Å². The molecule has 2 rings (SSSR count). The minimum atomic E-state index is 1.02. The van der Waals surface area contributed by atoms with Crippen LogP contribution in [0.25, 0.3) is 0 Å². The molecule has 1 heterocycles. The molecular weight excluding hydrogens is 196 g/mol. The molecule has 0 unspecified atom stereocenters. The number of hydrogen-bond acceptors (Lipinski definition) is 2. The van der Waals surface area contributed by atoms with Crippen molar-refractivity contribution in [2.24, 2.45) is 5.92 Å². The topological polar surface area (TPSA) is 6.48 Å². The molecule has 16 heavy (non-hydrogen) atoms. The van der Waals surface area contributed by atoms with Gasteiger partial charge >= 0.3 is 0 Å². The third-order valence-corrected chi connectivity index (χ3v) is 4.25. The predicted octanol–water partition coefficient (Wildman–Crippen LogP) is 2.59. The van der Waals surface area contributed by atoms with Crippen molar-refractivity contribution < 1.29 is 0 Å². The summed E-state index contributed by atoms with van der Waals surface area (Å²) >= 11 is 0. The van der Waals surface area contributed by atoms with E-state index < -0.39 is 0 Å². The Kier molecular flexibility index (Phi) is 5.11. The minimum absolute atomic E-state index is 1.02. The van der Waals surface area contributed by atoms with Gasteiger partial charge in [-0.05, 0) is 31.7 Å². The van der Waals surface area contributed by atoms with E-state index in [1.54, 1.807) is 0 Å². The van der Waals surface area contributed by atoms with Gasteiger partial charge in [0.05, 0.1) is 0 Å². The van der Waals surface area contributed by atoms with Crippen LogP contribution in [0.2, 0.25) is 0 Å². The maximum absolute atomic E-state index is 2.71. The highest BCUT2D eigenvalue weighted by Gasteiger charge is 2.20. The van der Waals surface area contributed by atoms with E-state index in [1.807, 2.05) is 0 Å². The third kappa shape index (κ3) is 3.74. The molecule has 2 aliphatic rings. The molecule has 0 N–H and O–H groups in total. The van der Waals surface area contributed by atoms with Crippen LogP contribution in [0, 0.1) is 5.92 Å². The fourth-order valence-corrected chi connectivity index (χ4v) is 3.25. The monoisotopic (exact) mass is 224 g/mol. The molecule has 1 saturated heterocycles. The van der Waals surface area contributed by atoms with E-state index in [0.717, 1.165) is 5.92 Å². The van der Waals surface area contributed by atoms with E-state index in [2.05, 4.69) is 16.7 Å². The molecule has 0 atom stereocenters. The molecule has 2 nitrogen and oxygen atoms in total. The Labute approximate surface area is 101 Å². The van der Waals surface area contributed by atoms with E-state index in [4.69, 9.17) is 0 Å². The summed E-state index contributed by atoms with van der Waals surface area (Å²) in [5.74, 6) is 1.02. The van der Waals surface area contributed by atoms with E-state index in [1.165, 1.54) is 77.8 Å². The van der Waals surface area contributed by atoms with Crippen molar-refractivity contribution in [3.05, 3.63) is 0 Å². The van der Waals surface area contributed by atoms with Gasteiger partial charge in [-0.25, -0.2) is 0 Å². The van der Waals surface area contributed by atoms with Crippen molar-refractivity contribution >= 4 is 0 Å². The quantitative estimate of drug-likeness (QED) is 0.724. The molecule has 0 aromatic rings. The molecule has 1 aliphatic carbocycles. The Hall–Kier alpha value is -0.0800. The number of nitrogens with zero attached hydrogens (tertiary/aromatic N) is 2. The zero-order chi connectivity index (χ0) is 11.2. The van der Waals surface area contributed by atoms with Crippen LogP contribution in [0.1, 0.15) is 45.4 Å². The van der Waals surface area contributed by atoms with Gasteiger partial charge in [-0.1, -0.05) is 26.2 Å². The molecule has 0 amide bonds. The lowest BCUT2D eigenvalue weighted by molar-refractivity contribution is 0.110. The molecule has 0 radical (unpaired) electrons. The van der Waals surface area contributed by atoms with Gasteiger partial charge in [0, 0.05) is 32.7 Å². The largest absolute Gasteiger partial charge is 0.301 e. The highest BCUT2D eigenvalue weighted by molar-refractivity contribution is 4.75. The van der Waals surface area contributed by atoms with E-state index in [-0.39, 0.29) is 0 Å². The summed E-state index contributed by atoms with van der Waals surface area (Å²) in [6.45, 7) is 10.2. The molecule has 0 bridgehead atoms. The Morgan fingerprint density at radius 2 is 1.50 bits per heavy atom. The summed E-state index contributed by atoms with van der Waals surface area (Å²) in [7, 11) is 0. The van der Waals surface area contributed by atoms with Crippen LogP contribution in [0.3, 0.4) is 0 Å². The molecule has 94 valence electrons. The fourth-order valence-electron chi connectivity index (χ4n) is 3.25. The summed E-state index contributed by atoms with van der Waals surface area (Å²) < 4.78 is 0. The molecule has 2 heteroatoms. The molecule has 0 aromatic heterocycles. The van der Waals surface area contributed by atoms with Crippen LogP contribution in [0.5, 0.6) is 0 Å². The van der Waals surface area contributed by atoms with Gasteiger partial charge in [0.25, 0.3) is 0 Å². The van der Waals surface area contributed by atoms with Crippen molar-refractivity contribution in [1.29, 1.82) is 0 Å². The van der Waals surface area contributed by atoms with Crippen LogP contribution in [-0.2, 0) is 0 Å². The van der Waals surface area contributed by atoms with Crippen LogP contribution in [-0.4, -0.2) is 49.1 Å². The van der Waals surface area contributed by atoms with Gasteiger partial charge in [0.15, 0.2) is 0 Å². The molecule has 1 saturated carbocycles. The summed E-state index contributed by atoms with van der Waals surface area (Å²) in [6.07, 6.45) is 8.76. The first-order valence-electron chi connectivity index (χ1n) is 7.33. The van der Waals surface area contributed by atoms with Gasteiger partial charge in [0.1, 0.15) is 0 Å². The van der Waals surface area contributed by atoms with E-state index >= 15 is 0 Å². The van der Waals surface area contributed by atoms with Gasteiger partial charge in [0.2, 0.25) is 0 Å². The summed E-state index contributed by atoms with van der Waals surface area (Å²) in [5, 5.41) is 0. The molecule has 0 spiro atoms. The van der Waals surface area contributed by atoms with Crippen molar-refractivity contribution in [1.82, 2.24) is 9.80 Å². The predicted molar refractivity (Wildman–Crippen MR) is 69.7 cm³/mol. The zero-order valence-corrected chi connectivity index (χ0v) is 11.0. The van der Waals surface area contributed by atoms with Crippen molar-refractivity contribution in [2.75, 3.05) is 39.3 Å². The Bertz CT molecular complexity index is 179. The molecule has 2 fully saturated rings. The average molecular weight is 224 g/mol. The molecular formula is C14H28N2. The van der Waals surface area contributed by atoms with Gasteiger partial charge in [-0.15, -0.1) is 0 Å². The second-order valence-electron chi connectivity index (χ2n) is 5.65. The smallest absolute Gasteiger partial charge is 0.0110 e. The summed E-state index contributed by atoms with van der Waals surface area (Å²) in [4.78, 5) is 5.33. The van der Waals surface area contributed by atoms with Gasteiger partial charge in [-0.3, -0.25) is 0 Å². The maximum Gasteiger partial charge on any atom is 0.0110 e. The Balaban J connectivity index is 1.64. The van der Waals surface area contributed by atoms with Crippen LogP contribution < -0.4 is 0 Å². The third-order valence-electron chi connectivity index (χ3n) is 4.25. The lowest BCUT2D eigenvalue weighted by atomic mass is 9.89. The van der Waals surface area contributed by atoms with Crippen molar-refractivity contribution in [3.63, 3.8) is 0 Å². The van der Waals surface area contributed by atoms with Crippen LogP contribution in [0.4, 0.5) is 0 Å². The minimum Gasteiger partial charge on any atom is -0.301 e. The lowest BCUT2D eigenvalue weighted by Crippen LogP contribution is -2.47. The van der Waals surface area contributed by atoms with Crippen molar-refractivity contribution in [3.8, 4) is 0 Å². The SMILES string of the molecule is CCCN1CCN(CC2CCCCC2)CC1. The second kappa shape index (κ2) is 6.61. The molecule has 1 aliphatic heterocycles. The number of hydrogen-bond donors (Lipinski definition) is 0. The highest BCUT2D eigenvalue weighted by atomic mass is 15.3.